The molecular weight excluding hydrogens is 557 g/mol. The standard InChI is InChI=1S/C22H28F9N3O3S/c23-20(24,25)16-11-15(12-17(13-16)21(26,27)28)19(35)33-7-4-14-5-9-34(10-6-14)8-2-1-3-18(32)38(36,37)22(29,30)31/h11-14,18H,1-10,32H2,(H,33,35)/t18-/m0/s1. The number of carbonyl (C=O) groups excluding carboxylic acids is 1. The van der Waals surface area contributed by atoms with Gasteiger partial charge in [-0.2, -0.15) is 39.5 Å². The summed E-state index contributed by atoms with van der Waals surface area (Å²) in [5.74, 6) is -0.908. The molecule has 218 valence electrons. The molecule has 1 aromatic rings. The maximum Gasteiger partial charge on any atom is 0.498 e. The van der Waals surface area contributed by atoms with Gasteiger partial charge in [-0.25, -0.2) is 8.42 Å². The Morgan fingerprint density at radius 1 is 0.947 bits per heavy atom. The van der Waals surface area contributed by atoms with E-state index in [2.05, 4.69) is 5.32 Å². The van der Waals surface area contributed by atoms with E-state index in [1.807, 2.05) is 4.90 Å². The molecule has 3 N–H and O–H groups in total. The molecule has 1 heterocycles. The Hall–Kier alpha value is -2.07. The number of rotatable bonds is 10. The van der Waals surface area contributed by atoms with Crippen molar-refractivity contribution in [3.63, 3.8) is 0 Å². The van der Waals surface area contributed by atoms with Gasteiger partial charge in [0.05, 0.1) is 11.1 Å². The molecule has 0 unspecified atom stereocenters. The Kier molecular flexibility index (Phi) is 10.5. The fraction of sp³-hybridized carbons (Fsp3) is 0.682. The highest BCUT2D eigenvalue weighted by atomic mass is 32.2. The van der Waals surface area contributed by atoms with E-state index in [-0.39, 0.29) is 31.4 Å². The summed E-state index contributed by atoms with van der Waals surface area (Å²) in [4.78, 5) is 14.3. The van der Waals surface area contributed by atoms with E-state index in [0.29, 0.717) is 57.5 Å². The molecule has 0 radical (unpaired) electrons. The van der Waals surface area contributed by atoms with Crippen molar-refractivity contribution in [1.82, 2.24) is 10.2 Å². The number of halogens is 9. The summed E-state index contributed by atoms with van der Waals surface area (Å²) < 4.78 is 138. The summed E-state index contributed by atoms with van der Waals surface area (Å²) in [6.45, 7) is 1.84. The number of nitrogens with zero attached hydrogens (tertiary/aromatic N) is 1. The summed E-state index contributed by atoms with van der Waals surface area (Å²) >= 11 is 0. The van der Waals surface area contributed by atoms with Gasteiger partial charge in [0.25, 0.3) is 15.7 Å². The molecule has 1 fully saturated rings. The van der Waals surface area contributed by atoms with Gasteiger partial charge in [-0.3, -0.25) is 4.79 Å². The van der Waals surface area contributed by atoms with Crippen LogP contribution in [0.15, 0.2) is 18.2 Å². The topological polar surface area (TPSA) is 92.5 Å². The molecule has 0 saturated carbocycles. The summed E-state index contributed by atoms with van der Waals surface area (Å²) in [6, 6.07) is 0.687. The molecule has 16 heteroatoms. The van der Waals surface area contributed by atoms with E-state index < -0.39 is 55.7 Å². The number of sulfone groups is 1. The van der Waals surface area contributed by atoms with Gasteiger partial charge in [0.1, 0.15) is 5.37 Å². The van der Waals surface area contributed by atoms with Crippen LogP contribution in [0.2, 0.25) is 0 Å². The number of piperidine rings is 1. The molecule has 0 aromatic heterocycles. The highest BCUT2D eigenvalue weighted by molar-refractivity contribution is 7.92. The summed E-state index contributed by atoms with van der Waals surface area (Å²) in [5.41, 5.74) is -4.11. The molecule has 1 aliphatic heterocycles. The maximum absolute atomic E-state index is 13.0. The van der Waals surface area contributed by atoms with Crippen LogP contribution in [0.25, 0.3) is 0 Å². The lowest BCUT2D eigenvalue weighted by molar-refractivity contribution is -0.143. The summed E-state index contributed by atoms with van der Waals surface area (Å²) in [7, 11) is -5.41. The Morgan fingerprint density at radius 2 is 1.47 bits per heavy atom. The van der Waals surface area contributed by atoms with Crippen LogP contribution in [-0.4, -0.2) is 56.3 Å². The number of hydrogen-bond acceptors (Lipinski definition) is 5. The molecule has 1 atom stereocenters. The zero-order valence-corrected chi connectivity index (χ0v) is 20.8. The van der Waals surface area contributed by atoms with Gasteiger partial charge in [0.15, 0.2) is 0 Å². The average Bonchev–Trinajstić information content (AvgIpc) is 2.80. The molecular formula is C22H28F9N3O3S. The number of nitrogens with one attached hydrogen (secondary N) is 1. The van der Waals surface area contributed by atoms with Crippen molar-refractivity contribution >= 4 is 15.7 Å². The van der Waals surface area contributed by atoms with E-state index in [1.165, 1.54) is 0 Å². The van der Waals surface area contributed by atoms with Crippen molar-refractivity contribution < 1.29 is 52.7 Å². The molecule has 1 aliphatic rings. The van der Waals surface area contributed by atoms with Gasteiger partial charge in [-0.05, 0) is 82.3 Å². The van der Waals surface area contributed by atoms with Crippen LogP contribution < -0.4 is 11.1 Å². The van der Waals surface area contributed by atoms with Crippen LogP contribution >= 0.6 is 0 Å². The highest BCUT2D eigenvalue weighted by Gasteiger charge is 2.49. The normalized spacial score (nSPS) is 17.4. The van der Waals surface area contributed by atoms with Gasteiger partial charge >= 0.3 is 17.9 Å². The number of unbranched alkanes of at least 4 members (excludes halogenated alkanes) is 1. The third-order valence-electron chi connectivity index (χ3n) is 6.33. The zero-order valence-electron chi connectivity index (χ0n) is 20.0. The van der Waals surface area contributed by atoms with Gasteiger partial charge in [-0.1, -0.05) is 0 Å². The SMILES string of the molecule is N[C@H](CCCCN1CCC(CCNC(=O)c2cc(C(F)(F)F)cc(C(F)(F)F)c2)CC1)S(=O)(=O)C(F)(F)F. The Bertz CT molecular complexity index is 1020. The Morgan fingerprint density at radius 3 is 1.95 bits per heavy atom. The molecule has 0 aliphatic carbocycles. The number of likely N-dealkylation sites (tertiary alicyclic amines) is 1. The van der Waals surface area contributed by atoms with Crippen molar-refractivity contribution in [3.05, 3.63) is 34.9 Å². The monoisotopic (exact) mass is 585 g/mol. The maximum atomic E-state index is 13.0. The lowest BCUT2D eigenvalue weighted by Crippen LogP contribution is -2.40. The minimum absolute atomic E-state index is 0.0483. The van der Waals surface area contributed by atoms with E-state index in [4.69, 9.17) is 5.73 Å². The summed E-state index contributed by atoms with van der Waals surface area (Å²) in [6.07, 6.45) is -7.97. The molecule has 1 saturated heterocycles. The van der Waals surface area contributed by atoms with E-state index >= 15 is 0 Å². The van der Waals surface area contributed by atoms with E-state index in [9.17, 15) is 52.7 Å². The van der Waals surface area contributed by atoms with Crippen LogP contribution in [0.1, 0.15) is 60.0 Å². The first kappa shape index (κ1) is 32.1. The third kappa shape index (κ3) is 9.00. The van der Waals surface area contributed by atoms with Crippen LogP contribution in [0.3, 0.4) is 0 Å². The van der Waals surface area contributed by atoms with Crippen molar-refractivity contribution in [1.29, 1.82) is 0 Å². The van der Waals surface area contributed by atoms with Gasteiger partial charge in [-0.15, -0.1) is 0 Å². The second-order valence-electron chi connectivity index (χ2n) is 9.15. The minimum atomic E-state index is -5.41. The number of benzene rings is 1. The van der Waals surface area contributed by atoms with Crippen LogP contribution in [0.5, 0.6) is 0 Å². The van der Waals surface area contributed by atoms with Crippen LogP contribution in [0, 0.1) is 5.92 Å². The first-order chi connectivity index (χ1) is 17.3. The predicted octanol–water partition coefficient (Wildman–Crippen LogP) is 4.95. The lowest BCUT2D eigenvalue weighted by Gasteiger charge is -2.32. The van der Waals surface area contributed by atoms with Crippen LogP contribution in [0.4, 0.5) is 39.5 Å². The number of hydrogen-bond donors (Lipinski definition) is 2. The van der Waals surface area contributed by atoms with Crippen molar-refractivity contribution in [2.45, 2.75) is 61.8 Å². The molecule has 38 heavy (non-hydrogen) atoms. The molecule has 6 nitrogen and oxygen atoms in total. The lowest BCUT2D eigenvalue weighted by atomic mass is 9.93. The van der Waals surface area contributed by atoms with Crippen molar-refractivity contribution in [3.8, 4) is 0 Å². The number of amides is 1. The molecule has 1 aromatic carbocycles. The fourth-order valence-corrected chi connectivity index (χ4v) is 4.90. The molecule has 2 rings (SSSR count). The second-order valence-corrected chi connectivity index (χ2v) is 11.3. The van der Waals surface area contributed by atoms with Crippen LogP contribution in [-0.2, 0) is 22.2 Å². The molecule has 0 spiro atoms. The fourth-order valence-electron chi connectivity index (χ4n) is 4.08. The third-order valence-corrected chi connectivity index (χ3v) is 8.01. The van der Waals surface area contributed by atoms with E-state index in [1.54, 1.807) is 0 Å². The first-order valence-electron chi connectivity index (χ1n) is 11.7. The highest BCUT2D eigenvalue weighted by Crippen LogP contribution is 2.36. The van der Waals surface area contributed by atoms with Crippen molar-refractivity contribution in [2.75, 3.05) is 26.2 Å². The predicted molar refractivity (Wildman–Crippen MR) is 119 cm³/mol. The zero-order chi connectivity index (χ0) is 28.9. The average molecular weight is 586 g/mol. The summed E-state index contributed by atoms with van der Waals surface area (Å²) in [5, 5.41) is 0.347. The Labute approximate surface area is 213 Å². The number of carbonyl (C=O) groups is 1. The van der Waals surface area contributed by atoms with E-state index in [0.717, 1.165) is 0 Å². The number of nitrogens with two attached hydrogens (primary N) is 1. The first-order valence-corrected chi connectivity index (χ1v) is 13.2. The van der Waals surface area contributed by atoms with Gasteiger partial charge < -0.3 is 16.0 Å². The Balaban J connectivity index is 1.75. The van der Waals surface area contributed by atoms with Gasteiger partial charge in [0.2, 0.25) is 0 Å². The number of alkyl halides is 9. The quantitative estimate of drug-likeness (QED) is 0.300. The smallest absolute Gasteiger partial charge is 0.352 e. The minimum Gasteiger partial charge on any atom is -0.352 e. The van der Waals surface area contributed by atoms with Crippen molar-refractivity contribution in [2.24, 2.45) is 11.7 Å². The second kappa shape index (κ2) is 12.4. The van der Waals surface area contributed by atoms with Gasteiger partial charge in [0, 0.05) is 12.1 Å². The largest absolute Gasteiger partial charge is 0.498 e. The molecule has 1 amide bonds. The molecule has 0 bridgehead atoms.